The molecule has 3 aromatic carbocycles. The van der Waals surface area contributed by atoms with Crippen molar-refractivity contribution in [2.24, 2.45) is 0 Å². The molecule has 0 atom stereocenters. The second kappa shape index (κ2) is 8.51. The summed E-state index contributed by atoms with van der Waals surface area (Å²) >= 11 is 0. The maximum atomic E-state index is 14.0. The van der Waals surface area contributed by atoms with Gasteiger partial charge in [-0.25, -0.2) is 27.5 Å². The van der Waals surface area contributed by atoms with Crippen molar-refractivity contribution >= 4 is 11.2 Å². The molecule has 170 valence electrons. The minimum Gasteiger partial charge on any atom is -0.320 e. The second-order valence-electron chi connectivity index (χ2n) is 7.77. The Labute approximate surface area is 190 Å². The molecule has 6 nitrogen and oxygen atoms in total. The van der Waals surface area contributed by atoms with E-state index < -0.39 is 28.7 Å². The summed E-state index contributed by atoms with van der Waals surface area (Å²) in [5.41, 5.74) is 0.155. The molecule has 0 unspecified atom stereocenters. The Morgan fingerprint density at radius 2 is 1.56 bits per heavy atom. The number of hydrogen-bond donors (Lipinski definition) is 0. The van der Waals surface area contributed by atoms with Crippen molar-refractivity contribution in [1.82, 2.24) is 18.7 Å². The summed E-state index contributed by atoms with van der Waals surface area (Å²) in [6.07, 6.45) is 1.34. The lowest BCUT2D eigenvalue weighted by Gasteiger charge is -2.13. The van der Waals surface area contributed by atoms with Gasteiger partial charge < -0.3 is 4.57 Å². The Balaban J connectivity index is 1.75. The summed E-state index contributed by atoms with van der Waals surface area (Å²) in [6, 6.07) is 17.8. The van der Waals surface area contributed by atoms with E-state index in [1.54, 1.807) is 24.3 Å². The highest BCUT2D eigenvalue weighted by Crippen LogP contribution is 2.17. The van der Waals surface area contributed by atoms with Crippen LogP contribution in [0.25, 0.3) is 16.9 Å². The molecule has 0 saturated heterocycles. The monoisotopic (exact) mass is 462 g/mol. The maximum absolute atomic E-state index is 14.0. The first-order chi connectivity index (χ1) is 16.4. The van der Waals surface area contributed by atoms with Gasteiger partial charge in [-0.2, -0.15) is 0 Å². The zero-order valence-electron chi connectivity index (χ0n) is 17.7. The van der Waals surface area contributed by atoms with Gasteiger partial charge in [0.25, 0.3) is 5.56 Å². The van der Waals surface area contributed by atoms with E-state index >= 15 is 0 Å². The summed E-state index contributed by atoms with van der Waals surface area (Å²) in [7, 11) is 0. The number of hydrogen-bond acceptors (Lipinski definition) is 3. The van der Waals surface area contributed by atoms with Crippen LogP contribution in [0.4, 0.5) is 13.2 Å². The molecule has 5 rings (SSSR count). The quantitative estimate of drug-likeness (QED) is 0.399. The number of halogens is 3. The molecule has 0 radical (unpaired) electrons. The van der Waals surface area contributed by atoms with Gasteiger partial charge in [-0.1, -0.05) is 42.5 Å². The van der Waals surface area contributed by atoms with Gasteiger partial charge in [0.15, 0.2) is 22.8 Å². The number of aromatic nitrogens is 4. The van der Waals surface area contributed by atoms with E-state index in [-0.39, 0.29) is 29.9 Å². The Kier molecular flexibility index (Phi) is 5.37. The highest BCUT2D eigenvalue weighted by atomic mass is 19.2. The Bertz CT molecular complexity index is 1640. The third kappa shape index (κ3) is 3.81. The van der Waals surface area contributed by atoms with E-state index in [0.717, 1.165) is 22.3 Å². The summed E-state index contributed by atoms with van der Waals surface area (Å²) < 4.78 is 44.8. The molecule has 0 amide bonds. The molecule has 0 fully saturated rings. The van der Waals surface area contributed by atoms with Crippen LogP contribution >= 0.6 is 0 Å². The number of nitrogens with zero attached hydrogens (tertiary/aromatic N) is 4. The number of fused-ring (bicyclic) bond motifs is 1. The van der Waals surface area contributed by atoms with E-state index in [0.29, 0.717) is 5.56 Å². The van der Waals surface area contributed by atoms with Gasteiger partial charge in [-0.3, -0.25) is 9.36 Å². The lowest BCUT2D eigenvalue weighted by molar-refractivity contribution is 0.506. The predicted molar refractivity (Wildman–Crippen MR) is 121 cm³/mol. The van der Waals surface area contributed by atoms with Gasteiger partial charge in [-0.15, -0.1) is 0 Å². The lowest BCUT2D eigenvalue weighted by atomic mass is 10.2. The number of imidazole rings is 1. The van der Waals surface area contributed by atoms with Crippen LogP contribution in [-0.4, -0.2) is 18.7 Å². The topological polar surface area (TPSA) is 61.8 Å². The molecule has 34 heavy (non-hydrogen) atoms. The maximum Gasteiger partial charge on any atom is 0.337 e. The summed E-state index contributed by atoms with van der Waals surface area (Å²) in [4.78, 5) is 31.2. The van der Waals surface area contributed by atoms with Crippen molar-refractivity contribution in [1.29, 1.82) is 0 Å². The molecule has 2 heterocycles. The average molecular weight is 462 g/mol. The lowest BCUT2D eigenvalue weighted by Crippen LogP contribution is -2.40. The fraction of sp³-hybridized carbons (Fsp3) is 0.0800. The van der Waals surface area contributed by atoms with Crippen LogP contribution < -0.4 is 11.2 Å². The van der Waals surface area contributed by atoms with Crippen molar-refractivity contribution in [3.8, 4) is 5.69 Å². The molecule has 0 aliphatic carbocycles. The van der Waals surface area contributed by atoms with Crippen LogP contribution in [0, 0.1) is 17.5 Å². The largest absolute Gasteiger partial charge is 0.337 e. The Morgan fingerprint density at radius 3 is 2.29 bits per heavy atom. The van der Waals surface area contributed by atoms with Gasteiger partial charge in [0.1, 0.15) is 5.82 Å². The fourth-order valence-corrected chi connectivity index (χ4v) is 3.89. The molecule has 0 aliphatic rings. The van der Waals surface area contributed by atoms with Gasteiger partial charge in [0.05, 0.1) is 18.6 Å². The first-order valence-electron chi connectivity index (χ1n) is 10.4. The van der Waals surface area contributed by atoms with Crippen LogP contribution in [0.15, 0.2) is 88.7 Å². The van der Waals surface area contributed by atoms with Crippen molar-refractivity contribution in [2.75, 3.05) is 0 Å². The Hall–Kier alpha value is -4.40. The molecule has 5 aromatic rings. The van der Waals surface area contributed by atoms with Crippen LogP contribution in [0.2, 0.25) is 0 Å². The van der Waals surface area contributed by atoms with Crippen LogP contribution in [0.3, 0.4) is 0 Å². The smallest absolute Gasteiger partial charge is 0.320 e. The van der Waals surface area contributed by atoms with Crippen molar-refractivity contribution < 1.29 is 13.2 Å². The molecule has 2 aromatic heterocycles. The minimum atomic E-state index is -1.01. The fourth-order valence-electron chi connectivity index (χ4n) is 3.89. The van der Waals surface area contributed by atoms with Gasteiger partial charge in [0.2, 0.25) is 0 Å². The average Bonchev–Trinajstić information content (AvgIpc) is 3.23. The molecule has 0 saturated carbocycles. The van der Waals surface area contributed by atoms with Gasteiger partial charge >= 0.3 is 5.69 Å². The molecule has 0 spiro atoms. The molecule has 0 bridgehead atoms. The summed E-state index contributed by atoms with van der Waals surface area (Å²) in [5, 5.41) is 0. The van der Waals surface area contributed by atoms with Crippen LogP contribution in [0.5, 0.6) is 0 Å². The summed E-state index contributed by atoms with van der Waals surface area (Å²) in [6.45, 7) is -0.00422. The highest BCUT2D eigenvalue weighted by molar-refractivity contribution is 5.72. The second-order valence-corrected chi connectivity index (χ2v) is 7.77. The zero-order chi connectivity index (χ0) is 23.8. The SMILES string of the molecule is O=c1c2c(ncn2Cc2ccc(F)c(F)c2)n(-c2cccc(F)c2)c(=O)n1Cc1ccccc1. The molecular weight excluding hydrogens is 445 g/mol. The van der Waals surface area contributed by atoms with E-state index in [4.69, 9.17) is 0 Å². The van der Waals surface area contributed by atoms with E-state index in [1.165, 1.54) is 45.8 Å². The first-order valence-corrected chi connectivity index (χ1v) is 10.4. The van der Waals surface area contributed by atoms with Gasteiger partial charge in [-0.05, 0) is 41.5 Å². The standard InChI is InChI=1S/C25H17F3N4O2/c26-18-7-4-8-19(12-18)32-23-22(24(33)31(25(32)34)14-16-5-2-1-3-6-16)30(15-29-23)13-17-9-10-20(27)21(28)11-17/h1-12,15H,13-14H2. The molecular formula is C25H17F3N4O2. The third-order valence-electron chi connectivity index (χ3n) is 5.49. The minimum absolute atomic E-state index is 0.00956. The summed E-state index contributed by atoms with van der Waals surface area (Å²) in [5.74, 6) is -2.55. The van der Waals surface area contributed by atoms with Crippen LogP contribution in [-0.2, 0) is 13.1 Å². The zero-order valence-corrected chi connectivity index (χ0v) is 17.7. The first kappa shape index (κ1) is 21.4. The molecule has 0 N–H and O–H groups in total. The Morgan fingerprint density at radius 1 is 0.765 bits per heavy atom. The van der Waals surface area contributed by atoms with E-state index in [9.17, 15) is 22.8 Å². The normalized spacial score (nSPS) is 11.3. The van der Waals surface area contributed by atoms with Crippen molar-refractivity contribution in [3.05, 3.63) is 129 Å². The predicted octanol–water partition coefficient (Wildman–Crippen LogP) is 3.86. The van der Waals surface area contributed by atoms with Crippen molar-refractivity contribution in [3.63, 3.8) is 0 Å². The van der Waals surface area contributed by atoms with Gasteiger partial charge in [0, 0.05) is 6.54 Å². The third-order valence-corrected chi connectivity index (χ3v) is 5.49. The van der Waals surface area contributed by atoms with E-state index in [1.807, 2.05) is 6.07 Å². The molecule has 0 aliphatic heterocycles. The number of rotatable bonds is 5. The number of benzene rings is 3. The van der Waals surface area contributed by atoms with Crippen molar-refractivity contribution in [2.45, 2.75) is 13.1 Å². The highest BCUT2D eigenvalue weighted by Gasteiger charge is 2.20. The molecule has 9 heteroatoms. The van der Waals surface area contributed by atoms with E-state index in [2.05, 4.69) is 4.98 Å². The van der Waals surface area contributed by atoms with Crippen LogP contribution in [0.1, 0.15) is 11.1 Å².